The molecule has 104 valence electrons. The van der Waals surface area contributed by atoms with Crippen LogP contribution in [0.2, 0.25) is 0 Å². The minimum absolute atomic E-state index is 0.468. The van der Waals surface area contributed by atoms with E-state index in [9.17, 15) is 20.1 Å². The molecule has 0 aromatic heterocycles. The number of rotatable bonds is 1. The van der Waals surface area contributed by atoms with Crippen LogP contribution in [0.4, 0.5) is 0 Å². The molecule has 21 heavy (non-hydrogen) atoms. The molecule has 6 nitrogen and oxygen atoms in total. The molecule has 0 bridgehead atoms. The molecule has 1 aromatic carbocycles. The molecule has 0 saturated carbocycles. The summed E-state index contributed by atoms with van der Waals surface area (Å²) < 4.78 is 0. The largest absolute Gasteiger partial charge is 0.328 e. The fourth-order valence-corrected chi connectivity index (χ4v) is 3.49. The summed E-state index contributed by atoms with van der Waals surface area (Å²) >= 11 is 0. The van der Waals surface area contributed by atoms with E-state index in [2.05, 4.69) is 10.6 Å². The van der Waals surface area contributed by atoms with Gasteiger partial charge in [-0.3, -0.25) is 9.59 Å². The van der Waals surface area contributed by atoms with E-state index in [1.807, 2.05) is 18.2 Å². The molecule has 4 atom stereocenters. The normalized spacial score (nSPS) is 37.1. The minimum Gasteiger partial charge on any atom is -0.328 e. The SMILES string of the molecule is CC12C(C#N)C(=O)N[C@@]1(c1ccccc1)NC(=O)[C@@H]2C#N. The number of benzene rings is 1. The van der Waals surface area contributed by atoms with Crippen molar-refractivity contribution in [2.45, 2.75) is 12.6 Å². The molecule has 2 aliphatic heterocycles. The predicted octanol–water partition coefficient (Wildman–Crippen LogP) is 0.385. The van der Waals surface area contributed by atoms with E-state index < -0.39 is 34.7 Å². The van der Waals surface area contributed by atoms with Gasteiger partial charge in [-0.2, -0.15) is 10.5 Å². The van der Waals surface area contributed by atoms with Crippen LogP contribution in [0.3, 0.4) is 0 Å². The fraction of sp³-hybridized carbons (Fsp3) is 0.333. The number of carbonyl (C=O) groups excluding carboxylic acids is 2. The smallest absolute Gasteiger partial charge is 0.240 e. The number of nitrogens with zero attached hydrogens (tertiary/aromatic N) is 2. The molecule has 2 unspecified atom stereocenters. The molecule has 0 radical (unpaired) electrons. The van der Waals surface area contributed by atoms with E-state index >= 15 is 0 Å². The quantitative estimate of drug-likeness (QED) is 0.775. The summed E-state index contributed by atoms with van der Waals surface area (Å²) in [6, 6.07) is 12.8. The Hall–Kier alpha value is -2.86. The van der Waals surface area contributed by atoms with Crippen molar-refractivity contribution in [1.29, 1.82) is 10.5 Å². The number of amides is 2. The maximum Gasteiger partial charge on any atom is 0.240 e. The average molecular weight is 280 g/mol. The van der Waals surface area contributed by atoms with Crippen molar-refractivity contribution >= 4 is 11.8 Å². The summed E-state index contributed by atoms with van der Waals surface area (Å²) in [6.45, 7) is 1.64. The second kappa shape index (κ2) is 4.07. The standard InChI is InChI=1S/C15H12N4O2/c1-14-10(7-16)12(20)18-15(14,9-5-3-2-4-6-9)19-13(21)11(14)8-17/h2-6,10-11H,1H3,(H,18,20)(H,19,21)/t10-,11?,14?,15+/m0/s1. The molecule has 3 rings (SSSR count). The van der Waals surface area contributed by atoms with Gasteiger partial charge < -0.3 is 10.6 Å². The van der Waals surface area contributed by atoms with Crippen LogP contribution in [0.1, 0.15) is 12.5 Å². The van der Waals surface area contributed by atoms with E-state index in [1.54, 1.807) is 31.2 Å². The highest BCUT2D eigenvalue weighted by molar-refractivity contribution is 5.95. The van der Waals surface area contributed by atoms with Crippen LogP contribution in [-0.4, -0.2) is 11.8 Å². The minimum atomic E-state index is -1.22. The Labute approximate surface area is 121 Å². The van der Waals surface area contributed by atoms with Crippen molar-refractivity contribution in [1.82, 2.24) is 10.6 Å². The van der Waals surface area contributed by atoms with E-state index in [1.165, 1.54) is 0 Å². The van der Waals surface area contributed by atoms with Gasteiger partial charge in [-0.15, -0.1) is 0 Å². The van der Waals surface area contributed by atoms with Crippen molar-refractivity contribution < 1.29 is 9.59 Å². The van der Waals surface area contributed by atoms with Gasteiger partial charge in [0.1, 0.15) is 17.5 Å². The van der Waals surface area contributed by atoms with Gasteiger partial charge in [0.15, 0.2) is 0 Å². The second-order valence-corrected chi connectivity index (χ2v) is 5.50. The van der Waals surface area contributed by atoms with Crippen LogP contribution in [0.5, 0.6) is 0 Å². The van der Waals surface area contributed by atoms with Crippen LogP contribution in [0, 0.1) is 39.9 Å². The molecule has 6 heteroatoms. The first-order valence-corrected chi connectivity index (χ1v) is 6.50. The Morgan fingerprint density at radius 2 is 1.48 bits per heavy atom. The summed E-state index contributed by atoms with van der Waals surface area (Å²) in [5.74, 6) is -3.07. The van der Waals surface area contributed by atoms with Gasteiger partial charge in [0.25, 0.3) is 0 Å². The van der Waals surface area contributed by atoms with Gasteiger partial charge >= 0.3 is 0 Å². The lowest BCUT2D eigenvalue weighted by molar-refractivity contribution is -0.125. The number of nitriles is 2. The Kier molecular flexibility index (Phi) is 2.54. The van der Waals surface area contributed by atoms with Gasteiger partial charge in [-0.05, 0) is 5.56 Å². The zero-order valence-corrected chi connectivity index (χ0v) is 11.3. The first-order chi connectivity index (χ1) is 10.0. The fourth-order valence-electron chi connectivity index (χ4n) is 3.49. The molecule has 2 N–H and O–H groups in total. The van der Waals surface area contributed by atoms with Crippen molar-refractivity contribution in [3.05, 3.63) is 35.9 Å². The average Bonchev–Trinajstić information content (AvgIpc) is 2.81. The first-order valence-electron chi connectivity index (χ1n) is 6.50. The van der Waals surface area contributed by atoms with Crippen molar-refractivity contribution in [3.63, 3.8) is 0 Å². The highest BCUT2D eigenvalue weighted by atomic mass is 16.2. The molecular formula is C15H12N4O2. The molecule has 1 aromatic rings. The monoisotopic (exact) mass is 280 g/mol. The predicted molar refractivity (Wildman–Crippen MR) is 70.7 cm³/mol. The number of carbonyl (C=O) groups is 2. The van der Waals surface area contributed by atoms with Crippen LogP contribution in [0.15, 0.2) is 30.3 Å². The molecule has 2 saturated heterocycles. The van der Waals surface area contributed by atoms with Crippen molar-refractivity contribution in [3.8, 4) is 12.1 Å². The molecule has 0 aliphatic carbocycles. The molecule has 2 heterocycles. The number of hydrogen-bond donors (Lipinski definition) is 2. The Bertz CT molecular complexity index is 677. The third-order valence-electron chi connectivity index (χ3n) is 4.62. The second-order valence-electron chi connectivity index (χ2n) is 5.50. The van der Waals surface area contributed by atoms with Gasteiger partial charge in [0, 0.05) is 0 Å². The molecule has 2 aliphatic rings. The zero-order valence-electron chi connectivity index (χ0n) is 11.3. The lowest BCUT2D eigenvalue weighted by Crippen LogP contribution is -2.54. The molecule has 2 amide bonds. The van der Waals surface area contributed by atoms with Crippen LogP contribution >= 0.6 is 0 Å². The maximum atomic E-state index is 12.2. The third-order valence-corrected chi connectivity index (χ3v) is 4.62. The van der Waals surface area contributed by atoms with Gasteiger partial charge in [0.05, 0.1) is 17.6 Å². The molecule has 0 spiro atoms. The Morgan fingerprint density at radius 3 is 1.90 bits per heavy atom. The van der Waals surface area contributed by atoms with E-state index in [0.29, 0.717) is 5.56 Å². The third kappa shape index (κ3) is 1.34. The highest BCUT2D eigenvalue weighted by Gasteiger charge is 2.72. The summed E-state index contributed by atoms with van der Waals surface area (Å²) in [5, 5.41) is 24.2. The van der Waals surface area contributed by atoms with Crippen LogP contribution < -0.4 is 10.6 Å². The first kappa shape index (κ1) is 13.1. The maximum absolute atomic E-state index is 12.2. The lowest BCUT2D eigenvalue weighted by Gasteiger charge is -2.38. The topological polar surface area (TPSA) is 106 Å². The van der Waals surface area contributed by atoms with Crippen LogP contribution in [0.25, 0.3) is 0 Å². The number of nitrogens with one attached hydrogen (secondary N) is 2. The molecule has 2 fully saturated rings. The van der Waals surface area contributed by atoms with E-state index in [-0.39, 0.29) is 0 Å². The zero-order chi connectivity index (χ0) is 15.3. The summed E-state index contributed by atoms with van der Waals surface area (Å²) in [5.41, 5.74) is -1.72. The number of fused-ring (bicyclic) bond motifs is 1. The highest BCUT2D eigenvalue weighted by Crippen LogP contribution is 2.56. The molecular weight excluding hydrogens is 268 g/mol. The summed E-state index contributed by atoms with van der Waals surface area (Å²) in [4.78, 5) is 24.4. The lowest BCUT2D eigenvalue weighted by atomic mass is 9.64. The summed E-state index contributed by atoms with van der Waals surface area (Å²) in [7, 11) is 0. The number of hydrogen-bond acceptors (Lipinski definition) is 4. The van der Waals surface area contributed by atoms with E-state index in [0.717, 1.165) is 0 Å². The Balaban J connectivity index is 2.29. The van der Waals surface area contributed by atoms with Crippen molar-refractivity contribution in [2.24, 2.45) is 17.3 Å². The van der Waals surface area contributed by atoms with Crippen LogP contribution in [-0.2, 0) is 15.3 Å². The Morgan fingerprint density at radius 1 is 1.00 bits per heavy atom. The van der Waals surface area contributed by atoms with Crippen molar-refractivity contribution in [2.75, 3.05) is 0 Å². The van der Waals surface area contributed by atoms with Gasteiger partial charge in [-0.1, -0.05) is 37.3 Å². The summed E-state index contributed by atoms with van der Waals surface area (Å²) in [6.07, 6.45) is 0. The van der Waals surface area contributed by atoms with Gasteiger partial charge in [-0.25, -0.2) is 0 Å². The van der Waals surface area contributed by atoms with Gasteiger partial charge in [0.2, 0.25) is 11.8 Å². The van der Waals surface area contributed by atoms with E-state index in [4.69, 9.17) is 0 Å².